The second-order valence-corrected chi connectivity index (χ2v) is 11.4. The van der Waals surface area contributed by atoms with Crippen LogP contribution in [0.1, 0.15) is 70.9 Å². The van der Waals surface area contributed by atoms with Gasteiger partial charge in [-0.25, -0.2) is 14.2 Å². The van der Waals surface area contributed by atoms with E-state index >= 15 is 0 Å². The number of fused-ring (bicyclic) bond motifs is 2. The molecular formula is C28H35FN2O7. The average Bonchev–Trinajstić information content (AvgIpc) is 3.13. The van der Waals surface area contributed by atoms with Crippen molar-refractivity contribution in [1.29, 1.82) is 5.26 Å². The third kappa shape index (κ3) is 4.60. The van der Waals surface area contributed by atoms with E-state index in [1.165, 1.54) is 36.2 Å². The Morgan fingerprint density at radius 1 is 1.16 bits per heavy atom. The van der Waals surface area contributed by atoms with E-state index in [0.29, 0.717) is 17.9 Å². The normalized spacial score (nSPS) is 38.3. The molecule has 1 aromatic rings. The molecule has 38 heavy (non-hydrogen) atoms. The van der Waals surface area contributed by atoms with Crippen LogP contribution in [-0.2, 0) is 33.6 Å². The van der Waals surface area contributed by atoms with E-state index in [2.05, 4.69) is 13.0 Å². The third-order valence-corrected chi connectivity index (χ3v) is 8.98. The summed E-state index contributed by atoms with van der Waals surface area (Å²) in [5.74, 6) is -1.85. The number of hydrogen-bond donors (Lipinski definition) is 0. The molecule has 3 unspecified atom stereocenters. The fourth-order valence-corrected chi connectivity index (χ4v) is 6.75. The Bertz CT molecular complexity index is 1110. The Hall–Kier alpha value is -2.58. The summed E-state index contributed by atoms with van der Waals surface area (Å²) < 4.78 is 31.6. The molecule has 1 aromatic carbocycles. The van der Waals surface area contributed by atoms with Gasteiger partial charge in [0.05, 0.1) is 12.5 Å². The average molecular weight is 531 g/mol. The van der Waals surface area contributed by atoms with Crippen molar-refractivity contribution in [3.05, 3.63) is 35.6 Å². The predicted octanol–water partition coefficient (Wildman–Crippen LogP) is 4.38. The number of carbonyl (C=O) groups excluding carboxylic acids is 2. The van der Waals surface area contributed by atoms with Gasteiger partial charge in [0.2, 0.25) is 18.0 Å². The molecule has 4 heterocycles. The standard InChI is InChI=1S/C28H35FN2O7/c1-16-5-10-21-17(2)25(35-26-28(21)20(16)13-14-27(3,36-26)37-38-28)34-24(33)12-11-23(32)31(4)22(15-30)18-6-8-19(29)9-7-18/h6-9,16-17,20-22,25-26H,5,10-14H2,1-4H3/t16-,17-,20?,21?,22?,25-,26-,27+,28-/m1/s1. The largest absolute Gasteiger partial charge is 0.435 e. The molecule has 2 bridgehead atoms. The second-order valence-electron chi connectivity index (χ2n) is 11.4. The van der Waals surface area contributed by atoms with Gasteiger partial charge in [0.1, 0.15) is 11.9 Å². The van der Waals surface area contributed by atoms with E-state index in [4.69, 9.17) is 24.0 Å². The molecule has 1 amide bonds. The van der Waals surface area contributed by atoms with E-state index < -0.39 is 47.7 Å². The maximum absolute atomic E-state index is 13.3. The van der Waals surface area contributed by atoms with Crippen molar-refractivity contribution in [3.63, 3.8) is 0 Å². The van der Waals surface area contributed by atoms with Crippen molar-refractivity contribution < 1.29 is 38.0 Å². The lowest BCUT2D eigenvalue weighted by Crippen LogP contribution is -2.70. The van der Waals surface area contributed by atoms with Gasteiger partial charge in [-0.3, -0.25) is 9.59 Å². The quantitative estimate of drug-likeness (QED) is 0.394. The number of hydrogen-bond acceptors (Lipinski definition) is 8. The van der Waals surface area contributed by atoms with Gasteiger partial charge >= 0.3 is 5.97 Å². The van der Waals surface area contributed by atoms with Crippen molar-refractivity contribution in [2.45, 2.75) is 89.3 Å². The second kappa shape index (κ2) is 10.2. The minimum atomic E-state index is -0.925. The smallest absolute Gasteiger partial charge is 0.308 e. The van der Waals surface area contributed by atoms with Crippen LogP contribution >= 0.6 is 0 Å². The van der Waals surface area contributed by atoms with E-state index in [1.54, 1.807) is 0 Å². The van der Waals surface area contributed by atoms with Gasteiger partial charge in [-0.2, -0.15) is 5.26 Å². The van der Waals surface area contributed by atoms with Crippen LogP contribution in [0.15, 0.2) is 24.3 Å². The summed E-state index contributed by atoms with van der Waals surface area (Å²) in [4.78, 5) is 38.8. The molecule has 1 saturated carbocycles. The zero-order valence-electron chi connectivity index (χ0n) is 22.2. The molecule has 4 aliphatic heterocycles. The van der Waals surface area contributed by atoms with Crippen LogP contribution in [0.3, 0.4) is 0 Å². The minimum Gasteiger partial charge on any atom is -0.435 e. The topological polar surface area (TPSA) is 107 Å². The highest BCUT2D eigenvalue weighted by Crippen LogP contribution is 2.60. The van der Waals surface area contributed by atoms with Crippen molar-refractivity contribution in [1.82, 2.24) is 4.90 Å². The number of rotatable bonds is 6. The van der Waals surface area contributed by atoms with E-state index in [9.17, 15) is 19.2 Å². The van der Waals surface area contributed by atoms with Gasteiger partial charge in [-0.15, -0.1) is 0 Å². The molecule has 206 valence electrons. The van der Waals surface area contributed by atoms with Crippen molar-refractivity contribution in [2.24, 2.45) is 23.7 Å². The Morgan fingerprint density at radius 3 is 2.61 bits per heavy atom. The molecule has 10 heteroatoms. The molecule has 0 aromatic heterocycles. The summed E-state index contributed by atoms with van der Waals surface area (Å²) in [6.07, 6.45) is 1.61. The number of benzene rings is 1. The predicted molar refractivity (Wildman–Crippen MR) is 130 cm³/mol. The lowest BCUT2D eigenvalue weighted by Gasteiger charge is -2.59. The van der Waals surface area contributed by atoms with E-state index in [0.717, 1.165) is 19.3 Å². The highest BCUT2D eigenvalue weighted by molar-refractivity contribution is 5.81. The monoisotopic (exact) mass is 530 g/mol. The van der Waals surface area contributed by atoms with Crippen LogP contribution in [0.2, 0.25) is 0 Å². The zero-order chi connectivity index (χ0) is 27.2. The molecule has 9 atom stereocenters. The summed E-state index contributed by atoms with van der Waals surface area (Å²) in [6, 6.07) is 6.56. The molecule has 9 nitrogen and oxygen atoms in total. The maximum Gasteiger partial charge on any atom is 0.308 e. The first-order valence-corrected chi connectivity index (χ1v) is 13.4. The molecule has 0 radical (unpaired) electrons. The van der Waals surface area contributed by atoms with E-state index in [-0.39, 0.29) is 30.6 Å². The van der Waals surface area contributed by atoms with Gasteiger partial charge in [0, 0.05) is 31.7 Å². The number of halogens is 1. The molecule has 0 N–H and O–H groups in total. The lowest BCUT2D eigenvalue weighted by molar-refractivity contribution is -0.576. The summed E-state index contributed by atoms with van der Waals surface area (Å²) in [7, 11) is 1.48. The first-order chi connectivity index (χ1) is 18.1. The fraction of sp³-hybridized carbons (Fsp3) is 0.679. The van der Waals surface area contributed by atoms with Gasteiger partial charge in [-0.1, -0.05) is 26.0 Å². The Labute approximate surface area is 222 Å². The number of amides is 1. The third-order valence-electron chi connectivity index (χ3n) is 8.98. The van der Waals surface area contributed by atoms with Crippen molar-refractivity contribution >= 4 is 11.9 Å². The zero-order valence-corrected chi connectivity index (χ0v) is 22.2. The molecular weight excluding hydrogens is 495 g/mol. The van der Waals surface area contributed by atoms with Gasteiger partial charge in [0.15, 0.2) is 11.9 Å². The van der Waals surface area contributed by atoms with Crippen LogP contribution < -0.4 is 0 Å². The molecule has 5 fully saturated rings. The molecule has 1 aliphatic carbocycles. The van der Waals surface area contributed by atoms with Crippen molar-refractivity contribution in [2.75, 3.05) is 7.05 Å². The highest BCUT2D eigenvalue weighted by Gasteiger charge is 2.69. The number of carbonyl (C=O) groups is 2. The summed E-state index contributed by atoms with van der Waals surface area (Å²) in [5, 5.41) is 9.58. The summed E-state index contributed by atoms with van der Waals surface area (Å²) in [5.41, 5.74) is -0.259. The van der Waals surface area contributed by atoms with Crippen LogP contribution in [0.4, 0.5) is 4.39 Å². The molecule has 5 aliphatic rings. The Morgan fingerprint density at radius 2 is 1.89 bits per heavy atom. The van der Waals surface area contributed by atoms with Crippen molar-refractivity contribution in [3.8, 4) is 6.07 Å². The SMILES string of the molecule is C[C@@H]1CCC2[C@@H](C)[C@H](OC(=O)CCC(=O)N(C)C(C#N)c3ccc(F)cc3)O[C@@H]3O[C@]4(C)CCC1[C@@]23OO4. The maximum atomic E-state index is 13.3. The fourth-order valence-electron chi connectivity index (χ4n) is 6.75. The van der Waals surface area contributed by atoms with Crippen LogP contribution in [-0.4, -0.2) is 47.8 Å². The number of nitriles is 1. The lowest BCUT2D eigenvalue weighted by atomic mass is 9.58. The Balaban J connectivity index is 1.22. The van der Waals surface area contributed by atoms with Crippen LogP contribution in [0, 0.1) is 40.8 Å². The number of ether oxygens (including phenoxy) is 3. The van der Waals surface area contributed by atoms with Gasteiger partial charge in [-0.05, 0) is 55.7 Å². The van der Waals surface area contributed by atoms with Gasteiger partial charge in [0.25, 0.3) is 0 Å². The van der Waals surface area contributed by atoms with Crippen LogP contribution in [0.25, 0.3) is 0 Å². The highest BCUT2D eigenvalue weighted by atomic mass is 19.1. The summed E-state index contributed by atoms with van der Waals surface area (Å²) >= 11 is 0. The van der Waals surface area contributed by atoms with Gasteiger partial charge < -0.3 is 19.1 Å². The number of esters is 1. The molecule has 4 saturated heterocycles. The summed E-state index contributed by atoms with van der Waals surface area (Å²) in [6.45, 7) is 6.05. The van der Waals surface area contributed by atoms with Crippen LogP contribution in [0.5, 0.6) is 0 Å². The molecule has 1 spiro atoms. The Kier molecular flexibility index (Phi) is 7.24. The number of nitrogens with zero attached hydrogens (tertiary/aromatic N) is 2. The first kappa shape index (κ1) is 27.0. The van der Waals surface area contributed by atoms with E-state index in [1.807, 2.05) is 13.8 Å². The first-order valence-electron chi connectivity index (χ1n) is 13.4. The minimum absolute atomic E-state index is 0.0164. The molecule has 6 rings (SSSR count).